The molecule has 1 fully saturated rings. The van der Waals surface area contributed by atoms with Crippen LogP contribution in [0.5, 0.6) is 0 Å². The van der Waals surface area contributed by atoms with Crippen molar-refractivity contribution in [2.75, 3.05) is 0 Å². The maximum atomic E-state index is 11.8. The van der Waals surface area contributed by atoms with Crippen molar-refractivity contribution in [1.82, 2.24) is 9.71 Å². The zero-order chi connectivity index (χ0) is 11.8. The largest absolute Gasteiger partial charge is 0.393 e. The fourth-order valence-electron chi connectivity index (χ4n) is 1.52. The summed E-state index contributed by atoms with van der Waals surface area (Å²) in [7, 11) is -3.55. The molecule has 0 saturated heterocycles. The Morgan fingerprint density at radius 1 is 1.50 bits per heavy atom. The minimum atomic E-state index is -3.55. The fourth-order valence-corrected chi connectivity index (χ4v) is 3.04. The predicted octanol–water partition coefficient (Wildman–Crippen LogP) is 0.537. The van der Waals surface area contributed by atoms with Gasteiger partial charge in [-0.05, 0) is 25.0 Å². The van der Waals surface area contributed by atoms with Gasteiger partial charge in [0.15, 0.2) is 0 Å². The van der Waals surface area contributed by atoms with Crippen LogP contribution in [0.25, 0.3) is 0 Å². The Morgan fingerprint density at radius 2 is 2.19 bits per heavy atom. The van der Waals surface area contributed by atoms with Crippen LogP contribution in [0.2, 0.25) is 5.15 Å². The summed E-state index contributed by atoms with van der Waals surface area (Å²) in [5.41, 5.74) is 0. The first-order chi connectivity index (χ1) is 7.47. The predicted molar refractivity (Wildman–Crippen MR) is 58.6 cm³/mol. The maximum absolute atomic E-state index is 11.8. The van der Waals surface area contributed by atoms with E-state index in [1.165, 1.54) is 18.3 Å². The van der Waals surface area contributed by atoms with Crippen LogP contribution in [0, 0.1) is 0 Å². The third-order valence-corrected chi connectivity index (χ3v) is 4.17. The van der Waals surface area contributed by atoms with Crippen LogP contribution in [-0.4, -0.2) is 30.7 Å². The summed E-state index contributed by atoms with van der Waals surface area (Å²) in [6.07, 6.45) is 1.86. The monoisotopic (exact) mass is 262 g/mol. The Bertz CT molecular complexity index is 485. The van der Waals surface area contributed by atoms with Gasteiger partial charge in [-0.1, -0.05) is 11.6 Å². The second-order valence-electron chi connectivity index (χ2n) is 3.76. The van der Waals surface area contributed by atoms with Crippen molar-refractivity contribution in [3.05, 3.63) is 23.5 Å². The molecule has 1 aliphatic carbocycles. The van der Waals surface area contributed by atoms with Crippen LogP contribution in [0.1, 0.15) is 12.8 Å². The van der Waals surface area contributed by atoms with Gasteiger partial charge in [-0.25, -0.2) is 18.1 Å². The number of hydrogen-bond acceptors (Lipinski definition) is 4. The summed E-state index contributed by atoms with van der Waals surface area (Å²) >= 11 is 5.62. The molecule has 16 heavy (non-hydrogen) atoms. The lowest BCUT2D eigenvalue weighted by atomic mass is 9.91. The van der Waals surface area contributed by atoms with Gasteiger partial charge in [0.2, 0.25) is 10.0 Å². The molecule has 0 radical (unpaired) electrons. The van der Waals surface area contributed by atoms with E-state index in [-0.39, 0.29) is 16.1 Å². The summed E-state index contributed by atoms with van der Waals surface area (Å²) in [5.74, 6) is 0. The Labute approximate surface area is 98.5 Å². The van der Waals surface area contributed by atoms with E-state index in [1.54, 1.807) is 0 Å². The zero-order valence-electron chi connectivity index (χ0n) is 8.30. The topological polar surface area (TPSA) is 79.3 Å². The lowest BCUT2D eigenvalue weighted by molar-refractivity contribution is 0.0712. The molecule has 0 unspecified atom stereocenters. The van der Waals surface area contributed by atoms with Crippen molar-refractivity contribution < 1.29 is 13.5 Å². The number of hydrogen-bond donors (Lipinski definition) is 2. The number of aromatic nitrogens is 1. The van der Waals surface area contributed by atoms with E-state index in [1.807, 2.05) is 0 Å². The van der Waals surface area contributed by atoms with Crippen molar-refractivity contribution in [2.45, 2.75) is 29.9 Å². The molecule has 0 bridgehead atoms. The van der Waals surface area contributed by atoms with Crippen LogP contribution in [0.4, 0.5) is 0 Å². The second-order valence-corrected chi connectivity index (χ2v) is 5.86. The van der Waals surface area contributed by atoms with Crippen LogP contribution in [-0.2, 0) is 10.0 Å². The zero-order valence-corrected chi connectivity index (χ0v) is 9.87. The minimum Gasteiger partial charge on any atom is -0.393 e. The number of sulfonamides is 1. The van der Waals surface area contributed by atoms with E-state index in [4.69, 9.17) is 16.7 Å². The first-order valence-corrected chi connectivity index (χ1v) is 6.65. The summed E-state index contributed by atoms with van der Waals surface area (Å²) in [5, 5.41) is 9.20. The van der Waals surface area contributed by atoms with Gasteiger partial charge < -0.3 is 5.11 Å². The summed E-state index contributed by atoms with van der Waals surface area (Å²) in [4.78, 5) is 3.80. The van der Waals surface area contributed by atoms with Gasteiger partial charge >= 0.3 is 0 Å². The molecule has 0 spiro atoms. The maximum Gasteiger partial charge on any atom is 0.240 e. The van der Waals surface area contributed by atoms with Gasteiger partial charge in [0.1, 0.15) is 5.15 Å². The average Bonchev–Trinajstić information content (AvgIpc) is 2.15. The Hall–Kier alpha value is -0.690. The van der Waals surface area contributed by atoms with Gasteiger partial charge in [0, 0.05) is 12.2 Å². The molecular weight excluding hydrogens is 252 g/mol. The van der Waals surface area contributed by atoms with Crippen molar-refractivity contribution in [1.29, 1.82) is 0 Å². The molecule has 0 aliphatic heterocycles. The molecule has 0 atom stereocenters. The van der Waals surface area contributed by atoms with Gasteiger partial charge in [-0.3, -0.25) is 0 Å². The van der Waals surface area contributed by atoms with E-state index in [0.717, 1.165) is 0 Å². The standard InChI is InChI=1S/C9H11ClN2O3S/c10-9-5-8(1-2-11-9)16(14,15)12-6-3-7(13)4-6/h1-2,5-7,12-13H,3-4H2. The molecule has 0 aromatic carbocycles. The molecule has 7 heteroatoms. The van der Waals surface area contributed by atoms with Crippen molar-refractivity contribution >= 4 is 21.6 Å². The van der Waals surface area contributed by atoms with Crippen LogP contribution >= 0.6 is 11.6 Å². The summed E-state index contributed by atoms with van der Waals surface area (Å²) < 4.78 is 26.1. The highest BCUT2D eigenvalue weighted by molar-refractivity contribution is 7.89. The van der Waals surface area contributed by atoms with E-state index in [0.29, 0.717) is 12.8 Å². The quantitative estimate of drug-likeness (QED) is 0.779. The number of aliphatic hydroxyl groups excluding tert-OH is 1. The molecular formula is C9H11ClN2O3S. The Morgan fingerprint density at radius 3 is 2.75 bits per heavy atom. The van der Waals surface area contributed by atoms with Gasteiger partial charge in [-0.2, -0.15) is 0 Å². The summed E-state index contributed by atoms with van der Waals surface area (Å²) in [6.45, 7) is 0. The van der Waals surface area contributed by atoms with Gasteiger partial charge in [0.05, 0.1) is 11.0 Å². The van der Waals surface area contributed by atoms with Crippen molar-refractivity contribution in [3.8, 4) is 0 Å². The molecule has 2 N–H and O–H groups in total. The molecule has 1 aromatic rings. The normalized spacial score (nSPS) is 25.1. The van der Waals surface area contributed by atoms with Crippen molar-refractivity contribution in [3.63, 3.8) is 0 Å². The molecule has 2 rings (SSSR count). The molecule has 0 amide bonds. The van der Waals surface area contributed by atoms with E-state index in [2.05, 4.69) is 9.71 Å². The lowest BCUT2D eigenvalue weighted by Gasteiger charge is -2.31. The van der Waals surface area contributed by atoms with Crippen LogP contribution in [0.15, 0.2) is 23.2 Å². The second kappa shape index (κ2) is 4.29. The minimum absolute atomic E-state index is 0.0916. The molecule has 88 valence electrons. The van der Waals surface area contributed by atoms with Gasteiger partial charge in [-0.15, -0.1) is 0 Å². The number of aliphatic hydroxyl groups is 1. The first kappa shape index (κ1) is 11.8. The SMILES string of the molecule is O=S(=O)(NC1CC(O)C1)c1ccnc(Cl)c1. The number of pyridine rings is 1. The lowest BCUT2D eigenvalue weighted by Crippen LogP contribution is -2.46. The molecule has 1 heterocycles. The number of rotatable bonds is 3. The highest BCUT2D eigenvalue weighted by atomic mass is 35.5. The van der Waals surface area contributed by atoms with E-state index < -0.39 is 16.1 Å². The molecule has 1 aromatic heterocycles. The fraction of sp³-hybridized carbons (Fsp3) is 0.444. The van der Waals surface area contributed by atoms with Crippen molar-refractivity contribution in [2.24, 2.45) is 0 Å². The molecule has 1 saturated carbocycles. The van der Waals surface area contributed by atoms with Gasteiger partial charge in [0.25, 0.3) is 0 Å². The summed E-state index contributed by atoms with van der Waals surface area (Å²) in [6, 6.07) is 2.48. The number of halogens is 1. The first-order valence-electron chi connectivity index (χ1n) is 4.79. The van der Waals surface area contributed by atoms with Crippen LogP contribution < -0.4 is 4.72 Å². The molecule has 1 aliphatic rings. The Balaban J connectivity index is 2.13. The number of nitrogens with zero attached hydrogens (tertiary/aromatic N) is 1. The van der Waals surface area contributed by atoms with E-state index >= 15 is 0 Å². The Kier molecular flexibility index (Phi) is 3.16. The number of nitrogens with one attached hydrogen (secondary N) is 1. The van der Waals surface area contributed by atoms with Crippen LogP contribution in [0.3, 0.4) is 0 Å². The third kappa shape index (κ3) is 2.52. The average molecular weight is 263 g/mol. The highest BCUT2D eigenvalue weighted by Gasteiger charge is 2.31. The third-order valence-electron chi connectivity index (χ3n) is 2.44. The highest BCUT2D eigenvalue weighted by Crippen LogP contribution is 2.22. The van der Waals surface area contributed by atoms with E-state index in [9.17, 15) is 8.42 Å². The smallest absolute Gasteiger partial charge is 0.240 e. The molecule has 5 nitrogen and oxygen atoms in total.